The van der Waals surface area contributed by atoms with Gasteiger partial charge in [0.1, 0.15) is 18.6 Å². The molecule has 0 aliphatic rings. The number of carbonyl (C=O) groups is 1. The molecule has 2 atom stereocenters. The molecule has 3 N–H and O–H groups in total. The molecule has 0 amide bonds. The van der Waals surface area contributed by atoms with Gasteiger partial charge in [-0.25, -0.2) is 8.42 Å². The number of aliphatic hydroxyl groups is 1. The molecule has 0 saturated heterocycles. The van der Waals surface area contributed by atoms with E-state index in [-0.39, 0.29) is 24.0 Å². The SMILES string of the molecule is COCO[C@@H](CO)CSC(C)(C)[C@@H](NS(=O)(=O)c1ccc(OC)cc1)C(=O)O. The number of carboxylic acid groups (broad SMARTS) is 1. The molecule has 0 heterocycles. The zero-order chi connectivity index (χ0) is 21.4. The van der Waals surface area contributed by atoms with Crippen LogP contribution in [0.25, 0.3) is 0 Å². The molecule has 0 spiro atoms. The molecule has 0 fully saturated rings. The largest absolute Gasteiger partial charge is 0.497 e. The number of hydrogen-bond acceptors (Lipinski definition) is 8. The maximum atomic E-state index is 12.6. The van der Waals surface area contributed by atoms with Crippen LogP contribution < -0.4 is 9.46 Å². The van der Waals surface area contributed by atoms with E-state index in [0.717, 1.165) is 0 Å². The Morgan fingerprint density at radius 3 is 2.32 bits per heavy atom. The fourth-order valence-electron chi connectivity index (χ4n) is 2.18. The standard InChI is InChI=1S/C17H27NO8S2/c1-17(2,27-10-13(9-19)26-11-24-3)15(16(20)21)18-28(22,23)14-7-5-12(25-4)6-8-14/h5-8,13,15,18-19H,9-11H2,1-4H3,(H,20,21)/t13-,15-/m0/s1. The number of methoxy groups -OCH3 is 2. The Balaban J connectivity index is 2.93. The van der Waals surface area contributed by atoms with Gasteiger partial charge in [-0.1, -0.05) is 0 Å². The molecule has 1 rings (SSSR count). The Kier molecular flexibility index (Phi) is 9.67. The molecule has 1 aromatic carbocycles. The Labute approximate surface area is 169 Å². The van der Waals surface area contributed by atoms with Crippen molar-refractivity contribution in [3.8, 4) is 5.75 Å². The number of aliphatic hydroxyl groups excluding tert-OH is 1. The van der Waals surface area contributed by atoms with E-state index in [1.54, 1.807) is 13.8 Å². The van der Waals surface area contributed by atoms with E-state index in [1.807, 2.05) is 0 Å². The third kappa shape index (κ3) is 7.22. The van der Waals surface area contributed by atoms with Crippen molar-refractivity contribution in [1.82, 2.24) is 4.72 Å². The van der Waals surface area contributed by atoms with E-state index in [1.165, 1.54) is 50.2 Å². The second-order valence-electron chi connectivity index (χ2n) is 6.36. The molecule has 1 aromatic rings. The number of ether oxygens (including phenoxy) is 3. The van der Waals surface area contributed by atoms with E-state index in [4.69, 9.17) is 14.2 Å². The van der Waals surface area contributed by atoms with Crippen molar-refractivity contribution in [3.05, 3.63) is 24.3 Å². The molecule has 0 aliphatic heterocycles. The molecule has 160 valence electrons. The van der Waals surface area contributed by atoms with E-state index in [9.17, 15) is 23.4 Å². The number of carboxylic acids is 1. The summed E-state index contributed by atoms with van der Waals surface area (Å²) in [6, 6.07) is 4.21. The van der Waals surface area contributed by atoms with Gasteiger partial charge < -0.3 is 24.4 Å². The number of aliphatic carboxylic acids is 1. The van der Waals surface area contributed by atoms with Gasteiger partial charge in [-0.3, -0.25) is 4.79 Å². The van der Waals surface area contributed by atoms with Crippen LogP contribution in [0.2, 0.25) is 0 Å². The van der Waals surface area contributed by atoms with Crippen molar-refractivity contribution in [3.63, 3.8) is 0 Å². The lowest BCUT2D eigenvalue weighted by molar-refractivity contribution is -0.139. The first kappa shape index (κ1) is 24.7. The Hall–Kier alpha value is -1.37. The number of nitrogens with one attached hydrogen (secondary N) is 1. The molecule has 9 nitrogen and oxygen atoms in total. The molecule has 0 aliphatic carbocycles. The lowest BCUT2D eigenvalue weighted by Crippen LogP contribution is -2.52. The summed E-state index contributed by atoms with van der Waals surface area (Å²) in [4.78, 5) is 11.7. The molecular weight excluding hydrogens is 410 g/mol. The molecule has 0 saturated carbocycles. The van der Waals surface area contributed by atoms with E-state index in [2.05, 4.69) is 4.72 Å². The van der Waals surface area contributed by atoms with Crippen LogP contribution in [0.3, 0.4) is 0 Å². The summed E-state index contributed by atoms with van der Waals surface area (Å²) in [7, 11) is -1.17. The zero-order valence-electron chi connectivity index (χ0n) is 16.2. The summed E-state index contributed by atoms with van der Waals surface area (Å²) < 4.78 is 41.5. The van der Waals surface area contributed by atoms with E-state index in [0.29, 0.717) is 5.75 Å². The van der Waals surface area contributed by atoms with Crippen LogP contribution in [0.4, 0.5) is 0 Å². The van der Waals surface area contributed by atoms with Crippen LogP contribution in [-0.2, 0) is 24.3 Å². The number of thioether (sulfide) groups is 1. The Bertz CT molecular complexity index is 721. The normalized spacial score (nSPS) is 14.5. The van der Waals surface area contributed by atoms with Crippen LogP contribution in [0.15, 0.2) is 29.2 Å². The highest BCUT2D eigenvalue weighted by Crippen LogP contribution is 2.31. The summed E-state index contributed by atoms with van der Waals surface area (Å²) in [6.45, 7) is 2.93. The summed E-state index contributed by atoms with van der Waals surface area (Å²) in [6.07, 6.45) is -0.572. The van der Waals surface area contributed by atoms with Crippen LogP contribution in [0.5, 0.6) is 5.75 Å². The highest BCUT2D eigenvalue weighted by atomic mass is 32.2. The van der Waals surface area contributed by atoms with Crippen LogP contribution >= 0.6 is 11.8 Å². The second kappa shape index (κ2) is 11.0. The van der Waals surface area contributed by atoms with Gasteiger partial charge >= 0.3 is 5.97 Å². The van der Waals surface area contributed by atoms with Crippen LogP contribution in [0, 0.1) is 0 Å². The first-order chi connectivity index (χ1) is 13.1. The predicted molar refractivity (Wildman–Crippen MR) is 105 cm³/mol. The van der Waals surface area contributed by atoms with Gasteiger partial charge in [-0.15, -0.1) is 0 Å². The van der Waals surface area contributed by atoms with Crippen molar-refractivity contribution in [2.45, 2.75) is 35.6 Å². The Morgan fingerprint density at radius 1 is 1.25 bits per heavy atom. The van der Waals surface area contributed by atoms with Crippen molar-refractivity contribution < 1.29 is 37.6 Å². The molecule has 28 heavy (non-hydrogen) atoms. The van der Waals surface area contributed by atoms with Crippen molar-refractivity contribution in [1.29, 1.82) is 0 Å². The quantitative estimate of drug-likeness (QED) is 0.385. The predicted octanol–water partition coefficient (Wildman–Crippen LogP) is 0.920. The third-order valence-electron chi connectivity index (χ3n) is 3.85. The summed E-state index contributed by atoms with van der Waals surface area (Å²) >= 11 is 1.17. The van der Waals surface area contributed by atoms with Gasteiger partial charge in [-0.2, -0.15) is 16.5 Å². The van der Waals surface area contributed by atoms with Gasteiger partial charge in [0, 0.05) is 17.6 Å². The first-order valence-electron chi connectivity index (χ1n) is 8.32. The van der Waals surface area contributed by atoms with Gasteiger partial charge in [0.25, 0.3) is 0 Å². The van der Waals surface area contributed by atoms with Gasteiger partial charge in [0.15, 0.2) is 0 Å². The summed E-state index contributed by atoms with van der Waals surface area (Å²) in [5.41, 5.74) is 0. The molecule has 0 radical (unpaired) electrons. The number of hydrogen-bond donors (Lipinski definition) is 3. The molecular formula is C17H27NO8S2. The zero-order valence-corrected chi connectivity index (χ0v) is 17.9. The lowest BCUT2D eigenvalue weighted by Gasteiger charge is -2.32. The maximum Gasteiger partial charge on any atom is 0.323 e. The smallest absolute Gasteiger partial charge is 0.323 e. The lowest BCUT2D eigenvalue weighted by atomic mass is 10.1. The Morgan fingerprint density at radius 2 is 1.86 bits per heavy atom. The highest BCUT2D eigenvalue weighted by molar-refractivity contribution is 8.00. The number of benzene rings is 1. The summed E-state index contributed by atoms with van der Waals surface area (Å²) in [5.74, 6) is -0.579. The number of sulfonamides is 1. The first-order valence-corrected chi connectivity index (χ1v) is 10.8. The molecule has 0 bridgehead atoms. The third-order valence-corrected chi connectivity index (χ3v) is 6.81. The average Bonchev–Trinajstić information content (AvgIpc) is 2.66. The van der Waals surface area contributed by atoms with Gasteiger partial charge in [0.2, 0.25) is 10.0 Å². The molecule has 0 unspecified atom stereocenters. The van der Waals surface area contributed by atoms with Crippen molar-refractivity contribution in [2.24, 2.45) is 0 Å². The average molecular weight is 438 g/mol. The molecule has 11 heteroatoms. The summed E-state index contributed by atoms with van der Waals surface area (Å²) in [5, 5.41) is 18.9. The van der Waals surface area contributed by atoms with E-state index < -0.39 is 32.9 Å². The highest BCUT2D eigenvalue weighted by Gasteiger charge is 2.39. The van der Waals surface area contributed by atoms with Gasteiger partial charge in [-0.05, 0) is 38.1 Å². The van der Waals surface area contributed by atoms with Crippen LogP contribution in [0.1, 0.15) is 13.8 Å². The minimum absolute atomic E-state index is 0.0152. The fraction of sp³-hybridized carbons (Fsp3) is 0.588. The van der Waals surface area contributed by atoms with Crippen molar-refractivity contribution >= 4 is 27.8 Å². The minimum atomic E-state index is -4.07. The van der Waals surface area contributed by atoms with E-state index >= 15 is 0 Å². The van der Waals surface area contributed by atoms with Crippen molar-refractivity contribution in [2.75, 3.05) is 33.4 Å². The minimum Gasteiger partial charge on any atom is -0.497 e. The fourth-order valence-corrected chi connectivity index (χ4v) is 4.73. The maximum absolute atomic E-state index is 12.6. The topological polar surface area (TPSA) is 131 Å². The second-order valence-corrected chi connectivity index (χ2v) is 9.75. The molecule has 0 aromatic heterocycles. The monoisotopic (exact) mass is 437 g/mol. The van der Waals surface area contributed by atoms with Crippen LogP contribution in [-0.4, -0.2) is 74.9 Å². The van der Waals surface area contributed by atoms with Gasteiger partial charge in [0.05, 0.1) is 24.7 Å². The number of rotatable bonds is 13.